The molecule has 0 aliphatic heterocycles. The molecule has 1 heterocycles. The molecule has 0 spiro atoms. The van der Waals surface area contributed by atoms with Gasteiger partial charge in [0, 0.05) is 12.5 Å². The molecule has 0 atom stereocenters. The largest absolute Gasteiger partial charge is 0.476 e. The SMILES string of the molecule is CC(C)COc1nc(CC(C)C)nc(NC2CCCC2)c1N. The first-order valence-corrected chi connectivity index (χ1v) is 8.51. The summed E-state index contributed by atoms with van der Waals surface area (Å²) in [6.07, 6.45) is 5.75. The quantitative estimate of drug-likeness (QED) is 0.804. The Kier molecular flexibility index (Phi) is 5.86. The molecule has 0 unspecified atom stereocenters. The molecule has 1 aliphatic rings. The van der Waals surface area contributed by atoms with Crippen LogP contribution in [0.3, 0.4) is 0 Å². The molecule has 124 valence electrons. The van der Waals surface area contributed by atoms with Crippen LogP contribution in [0.5, 0.6) is 5.88 Å². The number of nitrogens with one attached hydrogen (secondary N) is 1. The molecule has 0 saturated heterocycles. The summed E-state index contributed by atoms with van der Waals surface area (Å²) in [4.78, 5) is 9.16. The second-order valence-electron chi connectivity index (χ2n) is 7.14. The molecule has 3 N–H and O–H groups in total. The van der Waals surface area contributed by atoms with Crippen LogP contribution in [0.25, 0.3) is 0 Å². The van der Waals surface area contributed by atoms with Gasteiger partial charge >= 0.3 is 0 Å². The molecule has 0 bridgehead atoms. The highest BCUT2D eigenvalue weighted by molar-refractivity contribution is 5.67. The van der Waals surface area contributed by atoms with Gasteiger partial charge in [0.25, 0.3) is 0 Å². The lowest BCUT2D eigenvalue weighted by molar-refractivity contribution is 0.261. The minimum absolute atomic E-state index is 0.439. The van der Waals surface area contributed by atoms with E-state index in [-0.39, 0.29) is 0 Å². The Bertz CT molecular complexity index is 482. The summed E-state index contributed by atoms with van der Waals surface area (Å²) in [5, 5.41) is 3.49. The average molecular weight is 306 g/mol. The van der Waals surface area contributed by atoms with Crippen LogP contribution in [0.15, 0.2) is 0 Å². The normalized spacial score (nSPS) is 15.7. The zero-order valence-electron chi connectivity index (χ0n) is 14.4. The van der Waals surface area contributed by atoms with Gasteiger partial charge in [0.15, 0.2) is 5.82 Å². The van der Waals surface area contributed by atoms with E-state index in [2.05, 4.69) is 43.0 Å². The Labute approximate surface area is 134 Å². The van der Waals surface area contributed by atoms with Crippen molar-refractivity contribution in [1.82, 2.24) is 9.97 Å². The number of ether oxygens (including phenoxy) is 1. The maximum atomic E-state index is 6.23. The summed E-state index contributed by atoms with van der Waals surface area (Å²) in [6, 6.07) is 0.474. The third kappa shape index (κ3) is 4.75. The smallest absolute Gasteiger partial charge is 0.242 e. The van der Waals surface area contributed by atoms with E-state index in [0.717, 1.165) is 18.1 Å². The predicted octanol–water partition coefficient (Wildman–Crippen LogP) is 3.65. The lowest BCUT2D eigenvalue weighted by Gasteiger charge is -2.18. The fraction of sp³-hybridized carbons (Fsp3) is 0.765. The molecule has 1 aliphatic carbocycles. The predicted molar refractivity (Wildman–Crippen MR) is 91.2 cm³/mol. The molecular formula is C17H30N4O. The van der Waals surface area contributed by atoms with Crippen molar-refractivity contribution in [2.24, 2.45) is 11.8 Å². The van der Waals surface area contributed by atoms with Gasteiger partial charge in [-0.3, -0.25) is 0 Å². The summed E-state index contributed by atoms with van der Waals surface area (Å²) < 4.78 is 5.81. The molecule has 5 heteroatoms. The van der Waals surface area contributed by atoms with Crippen molar-refractivity contribution >= 4 is 11.5 Å². The van der Waals surface area contributed by atoms with Crippen molar-refractivity contribution in [1.29, 1.82) is 0 Å². The second-order valence-corrected chi connectivity index (χ2v) is 7.14. The lowest BCUT2D eigenvalue weighted by atomic mass is 10.1. The Balaban J connectivity index is 2.21. The fourth-order valence-corrected chi connectivity index (χ4v) is 2.68. The summed E-state index contributed by atoms with van der Waals surface area (Å²) in [5.41, 5.74) is 6.78. The van der Waals surface area contributed by atoms with Gasteiger partial charge in [0.1, 0.15) is 11.5 Å². The highest BCUT2D eigenvalue weighted by Crippen LogP contribution is 2.30. The minimum atomic E-state index is 0.439. The van der Waals surface area contributed by atoms with Gasteiger partial charge < -0.3 is 15.8 Å². The van der Waals surface area contributed by atoms with Gasteiger partial charge in [0.05, 0.1) is 6.61 Å². The van der Waals surface area contributed by atoms with E-state index in [4.69, 9.17) is 10.5 Å². The summed E-state index contributed by atoms with van der Waals surface area (Å²) >= 11 is 0. The molecule has 2 rings (SSSR count). The van der Waals surface area contributed by atoms with Gasteiger partial charge in [-0.1, -0.05) is 40.5 Å². The molecule has 22 heavy (non-hydrogen) atoms. The Morgan fingerprint density at radius 3 is 2.41 bits per heavy atom. The van der Waals surface area contributed by atoms with E-state index >= 15 is 0 Å². The zero-order chi connectivity index (χ0) is 16.1. The first kappa shape index (κ1) is 16.8. The van der Waals surface area contributed by atoms with Crippen molar-refractivity contribution < 1.29 is 4.74 Å². The van der Waals surface area contributed by atoms with E-state index < -0.39 is 0 Å². The highest BCUT2D eigenvalue weighted by atomic mass is 16.5. The summed E-state index contributed by atoms with van der Waals surface area (Å²) in [6.45, 7) is 9.18. The molecule has 5 nitrogen and oxygen atoms in total. The highest BCUT2D eigenvalue weighted by Gasteiger charge is 2.20. The van der Waals surface area contributed by atoms with Crippen LogP contribution >= 0.6 is 0 Å². The van der Waals surface area contributed by atoms with Gasteiger partial charge in [-0.15, -0.1) is 0 Å². The van der Waals surface area contributed by atoms with Crippen LogP contribution in [0.1, 0.15) is 59.2 Å². The van der Waals surface area contributed by atoms with Crippen LogP contribution in [-0.4, -0.2) is 22.6 Å². The number of hydrogen-bond donors (Lipinski definition) is 2. The molecule has 0 radical (unpaired) electrons. The molecule has 1 saturated carbocycles. The van der Waals surface area contributed by atoms with Crippen LogP contribution in [0.2, 0.25) is 0 Å². The van der Waals surface area contributed by atoms with Crippen molar-refractivity contribution in [2.75, 3.05) is 17.7 Å². The molecule has 0 aromatic carbocycles. The second kappa shape index (κ2) is 7.65. The number of nitrogens with two attached hydrogens (primary N) is 1. The van der Waals surface area contributed by atoms with Crippen LogP contribution in [-0.2, 0) is 6.42 Å². The van der Waals surface area contributed by atoms with Crippen molar-refractivity contribution in [2.45, 2.75) is 65.8 Å². The number of nitrogens with zero attached hydrogens (tertiary/aromatic N) is 2. The third-order valence-electron chi connectivity index (χ3n) is 3.80. The average Bonchev–Trinajstić information content (AvgIpc) is 2.92. The first-order valence-electron chi connectivity index (χ1n) is 8.51. The van der Waals surface area contributed by atoms with Crippen LogP contribution in [0, 0.1) is 11.8 Å². The fourth-order valence-electron chi connectivity index (χ4n) is 2.68. The molecule has 0 amide bonds. The van der Waals surface area contributed by atoms with Gasteiger partial charge in [-0.25, -0.2) is 4.98 Å². The molecular weight excluding hydrogens is 276 g/mol. The first-order chi connectivity index (χ1) is 10.5. The zero-order valence-corrected chi connectivity index (χ0v) is 14.4. The minimum Gasteiger partial charge on any atom is -0.476 e. The van der Waals surface area contributed by atoms with E-state index in [1.807, 2.05) is 0 Å². The van der Waals surface area contributed by atoms with Gasteiger partial charge in [-0.2, -0.15) is 4.98 Å². The maximum absolute atomic E-state index is 6.23. The van der Waals surface area contributed by atoms with Crippen molar-refractivity contribution in [3.05, 3.63) is 5.82 Å². The van der Waals surface area contributed by atoms with E-state index in [1.54, 1.807) is 0 Å². The van der Waals surface area contributed by atoms with Gasteiger partial charge in [0.2, 0.25) is 5.88 Å². The molecule has 1 aromatic heterocycles. The van der Waals surface area contributed by atoms with E-state index in [1.165, 1.54) is 25.7 Å². The molecule has 1 aromatic rings. The maximum Gasteiger partial charge on any atom is 0.242 e. The number of anilines is 2. The Morgan fingerprint density at radius 2 is 1.82 bits per heavy atom. The van der Waals surface area contributed by atoms with Crippen molar-refractivity contribution in [3.63, 3.8) is 0 Å². The Hall–Kier alpha value is -1.52. The van der Waals surface area contributed by atoms with E-state index in [9.17, 15) is 0 Å². The van der Waals surface area contributed by atoms with Gasteiger partial charge in [-0.05, 0) is 24.7 Å². The van der Waals surface area contributed by atoms with Crippen molar-refractivity contribution in [3.8, 4) is 5.88 Å². The van der Waals surface area contributed by atoms with E-state index in [0.29, 0.717) is 36.1 Å². The van der Waals surface area contributed by atoms with Crippen LogP contribution < -0.4 is 15.8 Å². The summed E-state index contributed by atoms with van der Waals surface area (Å²) in [5.74, 6) is 3.02. The number of hydrogen-bond acceptors (Lipinski definition) is 5. The number of nitrogen functional groups attached to an aromatic ring is 1. The number of aromatic nitrogens is 2. The molecule has 1 fully saturated rings. The standard InChI is InChI=1S/C17H30N4O/c1-11(2)9-14-20-16(19-13-7-5-6-8-13)15(18)17(21-14)22-10-12(3)4/h11-13H,5-10,18H2,1-4H3,(H,19,20,21). The topological polar surface area (TPSA) is 73.1 Å². The summed E-state index contributed by atoms with van der Waals surface area (Å²) in [7, 11) is 0. The number of rotatable bonds is 7. The lowest BCUT2D eigenvalue weighted by Crippen LogP contribution is -2.19. The monoisotopic (exact) mass is 306 g/mol. The van der Waals surface area contributed by atoms with Crippen LogP contribution in [0.4, 0.5) is 11.5 Å². The Morgan fingerprint density at radius 1 is 1.14 bits per heavy atom. The third-order valence-corrected chi connectivity index (χ3v) is 3.80.